The summed E-state index contributed by atoms with van der Waals surface area (Å²) in [6.07, 6.45) is 5.21. The second-order valence-electron chi connectivity index (χ2n) is 5.88. The monoisotopic (exact) mass is 351 g/mol. The molecule has 26 heavy (non-hydrogen) atoms. The minimum Gasteiger partial charge on any atom is -0.496 e. The van der Waals surface area contributed by atoms with Crippen LogP contribution in [0, 0.1) is 6.92 Å². The number of aryl methyl sites for hydroxylation is 1. The van der Waals surface area contributed by atoms with Crippen molar-refractivity contribution in [2.75, 3.05) is 14.2 Å². The Morgan fingerprint density at radius 3 is 2.69 bits per heavy atom. The number of fused-ring (bicyclic) bond motifs is 1. The molecular weight excluding hydrogens is 330 g/mol. The van der Waals surface area contributed by atoms with E-state index in [4.69, 9.17) is 14.5 Å². The lowest BCUT2D eigenvalue weighted by Crippen LogP contribution is -2.22. The zero-order valence-electron chi connectivity index (χ0n) is 15.4. The molecule has 3 rings (SSSR count). The molecule has 6 heteroatoms. The van der Waals surface area contributed by atoms with Crippen LogP contribution in [0.15, 0.2) is 42.8 Å². The van der Waals surface area contributed by atoms with Gasteiger partial charge in [-0.15, -0.1) is 0 Å². The van der Waals surface area contributed by atoms with Crippen LogP contribution in [-0.2, 0) is 6.54 Å². The summed E-state index contributed by atoms with van der Waals surface area (Å²) < 4.78 is 10.6. The van der Waals surface area contributed by atoms with E-state index in [-0.39, 0.29) is 5.91 Å². The number of carbonyl (C=O) groups excluding carboxylic acids is 1. The van der Waals surface area contributed by atoms with Crippen molar-refractivity contribution < 1.29 is 14.3 Å². The number of pyridine rings is 2. The average Bonchev–Trinajstić information content (AvgIpc) is 2.99. The van der Waals surface area contributed by atoms with Crippen molar-refractivity contribution in [1.29, 1.82) is 0 Å². The fourth-order valence-corrected chi connectivity index (χ4v) is 3.12. The van der Waals surface area contributed by atoms with E-state index in [0.29, 0.717) is 29.4 Å². The maximum absolute atomic E-state index is 12.8. The lowest BCUT2D eigenvalue weighted by atomic mass is 10.0. The molecule has 0 aliphatic carbocycles. The maximum Gasteiger partial charge on any atom is 0.260 e. The summed E-state index contributed by atoms with van der Waals surface area (Å²) in [6.45, 7) is 7.99. The van der Waals surface area contributed by atoms with Gasteiger partial charge in [-0.3, -0.25) is 4.79 Å². The molecule has 0 saturated carbocycles. The van der Waals surface area contributed by atoms with Crippen LogP contribution in [0.5, 0.6) is 11.6 Å². The molecule has 2 aromatic heterocycles. The number of hydrogen-bond donors (Lipinski definition) is 0. The first kappa shape index (κ1) is 17.7. The molecule has 1 aliphatic heterocycles. The van der Waals surface area contributed by atoms with E-state index in [2.05, 4.69) is 11.6 Å². The Balaban J connectivity index is 2.09. The van der Waals surface area contributed by atoms with Crippen molar-refractivity contribution in [3.8, 4) is 22.9 Å². The van der Waals surface area contributed by atoms with E-state index in [0.717, 1.165) is 22.5 Å². The molecule has 0 spiro atoms. The number of hydrogen-bond acceptors (Lipinski definition) is 5. The van der Waals surface area contributed by atoms with Crippen LogP contribution >= 0.6 is 0 Å². The smallest absolute Gasteiger partial charge is 0.260 e. The van der Waals surface area contributed by atoms with Gasteiger partial charge in [0, 0.05) is 18.0 Å². The van der Waals surface area contributed by atoms with Crippen molar-refractivity contribution in [3.63, 3.8) is 0 Å². The summed E-state index contributed by atoms with van der Waals surface area (Å²) in [5.74, 6) is 1.03. The summed E-state index contributed by atoms with van der Waals surface area (Å²) in [4.78, 5) is 23.4. The fraction of sp³-hybridized carbons (Fsp3) is 0.250. The van der Waals surface area contributed by atoms with E-state index >= 15 is 0 Å². The van der Waals surface area contributed by atoms with Crippen LogP contribution in [0.3, 0.4) is 0 Å². The number of carbonyl (C=O) groups is 1. The maximum atomic E-state index is 12.8. The molecule has 0 unspecified atom stereocenters. The minimum atomic E-state index is -0.0515. The summed E-state index contributed by atoms with van der Waals surface area (Å²) in [5.41, 5.74) is 4.50. The zero-order valence-corrected chi connectivity index (χ0v) is 15.4. The lowest BCUT2D eigenvalue weighted by molar-refractivity contribution is 0.0830. The molecule has 0 bridgehead atoms. The molecule has 134 valence electrons. The largest absolute Gasteiger partial charge is 0.496 e. The van der Waals surface area contributed by atoms with Crippen molar-refractivity contribution in [2.24, 2.45) is 0 Å². The molecule has 1 aliphatic rings. The third kappa shape index (κ3) is 2.83. The number of allylic oxidation sites excluding steroid dienone is 2. The van der Waals surface area contributed by atoms with Crippen molar-refractivity contribution in [3.05, 3.63) is 59.6 Å². The Bertz CT molecular complexity index is 919. The molecule has 0 N–H and O–H groups in total. The lowest BCUT2D eigenvalue weighted by Gasteiger charge is -2.15. The number of rotatable bonds is 5. The van der Waals surface area contributed by atoms with Crippen LogP contribution in [-0.4, -0.2) is 35.0 Å². The molecule has 0 saturated heterocycles. The number of ether oxygens (including phenoxy) is 2. The highest BCUT2D eigenvalue weighted by Gasteiger charge is 2.32. The predicted molar refractivity (Wildman–Crippen MR) is 99.1 cm³/mol. The minimum absolute atomic E-state index is 0.0515. The molecule has 0 radical (unpaired) electrons. The van der Waals surface area contributed by atoms with E-state index in [1.165, 1.54) is 0 Å². The Hall–Kier alpha value is -3.15. The Labute approximate surface area is 152 Å². The van der Waals surface area contributed by atoms with E-state index < -0.39 is 0 Å². The molecule has 0 fully saturated rings. The average molecular weight is 351 g/mol. The summed E-state index contributed by atoms with van der Waals surface area (Å²) in [7, 11) is 3.14. The van der Waals surface area contributed by atoms with Crippen LogP contribution in [0.1, 0.15) is 28.5 Å². The third-order valence-corrected chi connectivity index (χ3v) is 4.42. The number of aromatic nitrogens is 2. The summed E-state index contributed by atoms with van der Waals surface area (Å²) in [6, 6.07) is 3.60. The number of nitrogens with zero attached hydrogens (tertiary/aromatic N) is 3. The molecule has 0 aromatic carbocycles. The van der Waals surface area contributed by atoms with Crippen molar-refractivity contribution in [2.45, 2.75) is 20.4 Å². The second kappa shape index (κ2) is 7.00. The first-order valence-corrected chi connectivity index (χ1v) is 8.23. The van der Waals surface area contributed by atoms with Crippen LogP contribution in [0.4, 0.5) is 0 Å². The topological polar surface area (TPSA) is 64.6 Å². The van der Waals surface area contributed by atoms with Gasteiger partial charge in [-0.25, -0.2) is 9.97 Å². The Morgan fingerprint density at radius 2 is 2.08 bits per heavy atom. The van der Waals surface area contributed by atoms with Crippen LogP contribution < -0.4 is 9.47 Å². The summed E-state index contributed by atoms with van der Waals surface area (Å²) in [5, 5.41) is 0. The molecular formula is C20H21N3O3. The third-order valence-electron chi connectivity index (χ3n) is 4.42. The molecule has 1 amide bonds. The van der Waals surface area contributed by atoms with Crippen LogP contribution in [0.25, 0.3) is 11.3 Å². The number of methoxy groups -OCH3 is 2. The first-order valence-electron chi connectivity index (χ1n) is 8.23. The SMILES string of the molecule is C=C/C(=C\C)N1Cc2nc(-c3cnc(OC)cc3OC)cc(C)c2C1=O. The fourth-order valence-electron chi connectivity index (χ4n) is 3.12. The van der Waals surface area contributed by atoms with Gasteiger partial charge in [-0.1, -0.05) is 12.7 Å². The summed E-state index contributed by atoms with van der Waals surface area (Å²) >= 11 is 0. The molecule has 3 heterocycles. The standard InChI is InChI=1S/C20H21N3O3/c1-6-13(7-2)23-11-16-19(20(23)24)12(3)8-15(22-16)14-10-21-18(26-5)9-17(14)25-4/h6-10H,1,11H2,2-5H3/b13-7+. The van der Waals surface area contributed by atoms with E-state index in [1.807, 2.05) is 26.0 Å². The first-order chi connectivity index (χ1) is 12.5. The predicted octanol–water partition coefficient (Wildman–Crippen LogP) is 3.51. The zero-order chi connectivity index (χ0) is 18.8. The van der Waals surface area contributed by atoms with Gasteiger partial charge in [-0.2, -0.15) is 0 Å². The van der Waals surface area contributed by atoms with Crippen molar-refractivity contribution in [1.82, 2.24) is 14.9 Å². The Morgan fingerprint density at radius 1 is 1.31 bits per heavy atom. The molecule has 0 atom stereocenters. The van der Waals surface area contributed by atoms with Gasteiger partial charge in [0.2, 0.25) is 5.88 Å². The molecule has 6 nitrogen and oxygen atoms in total. The number of amides is 1. The normalized spacial score (nSPS) is 13.6. The van der Waals surface area contributed by atoms with Crippen molar-refractivity contribution >= 4 is 5.91 Å². The van der Waals surface area contributed by atoms with Gasteiger partial charge < -0.3 is 14.4 Å². The van der Waals surface area contributed by atoms with Gasteiger partial charge in [0.25, 0.3) is 5.91 Å². The van der Waals surface area contributed by atoms with Gasteiger partial charge in [-0.05, 0) is 31.6 Å². The molecule has 2 aromatic rings. The van der Waals surface area contributed by atoms with Gasteiger partial charge in [0.1, 0.15) is 5.75 Å². The van der Waals surface area contributed by atoms with E-state index in [9.17, 15) is 4.79 Å². The van der Waals surface area contributed by atoms with E-state index in [1.54, 1.807) is 37.5 Å². The van der Waals surface area contributed by atoms with Crippen LogP contribution in [0.2, 0.25) is 0 Å². The van der Waals surface area contributed by atoms with Gasteiger partial charge in [0.15, 0.2) is 0 Å². The quantitative estimate of drug-likeness (QED) is 0.771. The highest BCUT2D eigenvalue weighted by atomic mass is 16.5. The van der Waals surface area contributed by atoms with Gasteiger partial charge in [0.05, 0.1) is 43.3 Å². The van der Waals surface area contributed by atoms with Gasteiger partial charge >= 0.3 is 0 Å². The highest BCUT2D eigenvalue weighted by Crippen LogP contribution is 2.35. The second-order valence-corrected chi connectivity index (χ2v) is 5.88. The highest BCUT2D eigenvalue weighted by molar-refractivity contribution is 6.01. The Kier molecular flexibility index (Phi) is 4.75.